The van der Waals surface area contributed by atoms with Gasteiger partial charge in [-0.15, -0.1) is 0 Å². The lowest BCUT2D eigenvalue weighted by atomic mass is 10.1. The third-order valence-corrected chi connectivity index (χ3v) is 3.82. The number of rotatable bonds is 8. The van der Waals surface area contributed by atoms with E-state index in [0.29, 0.717) is 18.6 Å². The van der Waals surface area contributed by atoms with Gasteiger partial charge in [-0.1, -0.05) is 13.3 Å². The van der Waals surface area contributed by atoms with Crippen molar-refractivity contribution in [1.29, 1.82) is 0 Å². The molecule has 2 unspecified atom stereocenters. The summed E-state index contributed by atoms with van der Waals surface area (Å²) in [6.45, 7) is 11.2. The fraction of sp³-hybridized carbons (Fsp3) is 0.933. The standard InChI is InChI=1S/C15H31N3O/c1-5-7-13(4)17-15(19)11-18(12(2)3)10-14-8-6-9-16-14/h12-14,16H,5-11H2,1-4H3,(H,17,19). The highest BCUT2D eigenvalue weighted by Gasteiger charge is 2.21. The van der Waals surface area contributed by atoms with E-state index in [1.807, 2.05) is 0 Å². The molecule has 1 aliphatic rings. The van der Waals surface area contributed by atoms with E-state index in [4.69, 9.17) is 0 Å². The van der Waals surface area contributed by atoms with E-state index >= 15 is 0 Å². The van der Waals surface area contributed by atoms with Gasteiger partial charge in [0.05, 0.1) is 6.54 Å². The first-order chi connectivity index (χ1) is 9.02. The minimum Gasteiger partial charge on any atom is -0.353 e. The normalized spacial score (nSPS) is 21.1. The Hall–Kier alpha value is -0.610. The first-order valence-corrected chi connectivity index (χ1v) is 7.79. The van der Waals surface area contributed by atoms with Crippen LogP contribution >= 0.6 is 0 Å². The molecule has 19 heavy (non-hydrogen) atoms. The molecule has 4 nitrogen and oxygen atoms in total. The van der Waals surface area contributed by atoms with E-state index in [-0.39, 0.29) is 11.9 Å². The van der Waals surface area contributed by atoms with Crippen LogP contribution in [0.5, 0.6) is 0 Å². The zero-order chi connectivity index (χ0) is 14.3. The molecule has 1 heterocycles. The zero-order valence-corrected chi connectivity index (χ0v) is 13.0. The van der Waals surface area contributed by atoms with Crippen molar-refractivity contribution in [2.24, 2.45) is 0 Å². The number of nitrogens with one attached hydrogen (secondary N) is 2. The second-order valence-electron chi connectivity index (χ2n) is 6.07. The number of amides is 1. The SMILES string of the molecule is CCCC(C)NC(=O)CN(CC1CCCN1)C(C)C. The first kappa shape index (κ1) is 16.4. The molecule has 112 valence electrons. The van der Waals surface area contributed by atoms with Crippen LogP contribution in [0.2, 0.25) is 0 Å². The number of carbonyl (C=O) groups excluding carboxylic acids is 1. The average Bonchev–Trinajstić information content (AvgIpc) is 2.80. The molecular weight excluding hydrogens is 238 g/mol. The molecule has 2 N–H and O–H groups in total. The molecule has 1 saturated heterocycles. The molecule has 1 rings (SSSR count). The maximum absolute atomic E-state index is 12.0. The molecule has 1 amide bonds. The molecule has 1 fully saturated rings. The molecule has 0 bridgehead atoms. The van der Waals surface area contributed by atoms with Crippen LogP contribution in [-0.2, 0) is 4.79 Å². The van der Waals surface area contributed by atoms with Gasteiger partial charge in [0.25, 0.3) is 0 Å². The van der Waals surface area contributed by atoms with Crippen molar-refractivity contribution in [3.8, 4) is 0 Å². The topological polar surface area (TPSA) is 44.4 Å². The fourth-order valence-electron chi connectivity index (χ4n) is 2.66. The minimum absolute atomic E-state index is 0.160. The highest BCUT2D eigenvalue weighted by Crippen LogP contribution is 2.09. The quantitative estimate of drug-likeness (QED) is 0.705. The Morgan fingerprint density at radius 1 is 1.42 bits per heavy atom. The fourth-order valence-corrected chi connectivity index (χ4v) is 2.66. The lowest BCUT2D eigenvalue weighted by Gasteiger charge is -2.29. The van der Waals surface area contributed by atoms with E-state index in [0.717, 1.165) is 25.9 Å². The van der Waals surface area contributed by atoms with Gasteiger partial charge in [0.15, 0.2) is 0 Å². The molecule has 0 saturated carbocycles. The molecule has 0 spiro atoms. The van der Waals surface area contributed by atoms with Crippen LogP contribution < -0.4 is 10.6 Å². The van der Waals surface area contributed by atoms with Gasteiger partial charge in [-0.3, -0.25) is 9.69 Å². The molecule has 0 radical (unpaired) electrons. The molecule has 0 aromatic rings. The van der Waals surface area contributed by atoms with Gasteiger partial charge < -0.3 is 10.6 Å². The summed E-state index contributed by atoms with van der Waals surface area (Å²) in [6, 6.07) is 1.26. The molecule has 0 aromatic heterocycles. The van der Waals surface area contributed by atoms with Crippen LogP contribution in [0.15, 0.2) is 0 Å². The molecule has 4 heteroatoms. The summed E-state index contributed by atoms with van der Waals surface area (Å²) in [4.78, 5) is 14.3. The number of hydrogen-bond acceptors (Lipinski definition) is 3. The number of carbonyl (C=O) groups is 1. The summed E-state index contributed by atoms with van der Waals surface area (Å²) >= 11 is 0. The highest BCUT2D eigenvalue weighted by molar-refractivity contribution is 5.78. The van der Waals surface area contributed by atoms with Crippen molar-refractivity contribution in [2.45, 2.75) is 71.5 Å². The summed E-state index contributed by atoms with van der Waals surface area (Å²) in [5.74, 6) is 0.160. The monoisotopic (exact) mass is 269 g/mol. The summed E-state index contributed by atoms with van der Waals surface area (Å²) in [5.41, 5.74) is 0. The van der Waals surface area contributed by atoms with Gasteiger partial charge in [0.2, 0.25) is 5.91 Å². The Labute approximate surface area is 118 Å². The lowest BCUT2D eigenvalue weighted by molar-refractivity contribution is -0.123. The highest BCUT2D eigenvalue weighted by atomic mass is 16.2. The maximum atomic E-state index is 12.0. The second kappa shape index (κ2) is 8.54. The Bertz CT molecular complexity index is 262. The van der Waals surface area contributed by atoms with E-state index in [1.165, 1.54) is 12.8 Å². The predicted molar refractivity (Wildman–Crippen MR) is 80.2 cm³/mol. The van der Waals surface area contributed by atoms with Crippen molar-refractivity contribution in [2.75, 3.05) is 19.6 Å². The first-order valence-electron chi connectivity index (χ1n) is 7.79. The predicted octanol–water partition coefficient (Wildman–Crippen LogP) is 1.75. The average molecular weight is 269 g/mol. The van der Waals surface area contributed by atoms with Crippen LogP contribution in [0.25, 0.3) is 0 Å². The van der Waals surface area contributed by atoms with E-state index in [9.17, 15) is 4.79 Å². The van der Waals surface area contributed by atoms with Crippen LogP contribution in [0.3, 0.4) is 0 Å². The minimum atomic E-state index is 0.160. The Morgan fingerprint density at radius 2 is 2.16 bits per heavy atom. The molecule has 2 atom stereocenters. The number of nitrogens with zero attached hydrogens (tertiary/aromatic N) is 1. The van der Waals surface area contributed by atoms with Gasteiger partial charge in [0.1, 0.15) is 0 Å². The van der Waals surface area contributed by atoms with Gasteiger partial charge in [-0.2, -0.15) is 0 Å². The Morgan fingerprint density at radius 3 is 2.68 bits per heavy atom. The van der Waals surface area contributed by atoms with Gasteiger partial charge in [-0.05, 0) is 46.6 Å². The maximum Gasteiger partial charge on any atom is 0.234 e. The molecule has 0 aliphatic carbocycles. The van der Waals surface area contributed by atoms with Crippen LogP contribution in [0.1, 0.15) is 53.4 Å². The van der Waals surface area contributed by atoms with Gasteiger partial charge in [0, 0.05) is 24.7 Å². The molecular formula is C15H31N3O. The summed E-state index contributed by atoms with van der Waals surface area (Å²) < 4.78 is 0. The van der Waals surface area contributed by atoms with Crippen molar-refractivity contribution in [1.82, 2.24) is 15.5 Å². The van der Waals surface area contributed by atoms with Gasteiger partial charge in [-0.25, -0.2) is 0 Å². The van der Waals surface area contributed by atoms with Crippen LogP contribution in [0.4, 0.5) is 0 Å². The summed E-state index contributed by atoms with van der Waals surface area (Å²) in [7, 11) is 0. The summed E-state index contributed by atoms with van der Waals surface area (Å²) in [5, 5.41) is 6.59. The lowest BCUT2D eigenvalue weighted by Crippen LogP contribution is -2.47. The van der Waals surface area contributed by atoms with E-state index in [1.54, 1.807) is 0 Å². The second-order valence-corrected chi connectivity index (χ2v) is 6.07. The van der Waals surface area contributed by atoms with Crippen molar-refractivity contribution < 1.29 is 4.79 Å². The molecule has 0 aromatic carbocycles. The summed E-state index contributed by atoms with van der Waals surface area (Å²) in [6.07, 6.45) is 4.66. The van der Waals surface area contributed by atoms with Crippen molar-refractivity contribution in [3.05, 3.63) is 0 Å². The zero-order valence-electron chi connectivity index (χ0n) is 13.0. The van der Waals surface area contributed by atoms with E-state index < -0.39 is 0 Å². The number of hydrogen-bond donors (Lipinski definition) is 2. The third-order valence-electron chi connectivity index (χ3n) is 3.82. The third kappa shape index (κ3) is 6.39. The van der Waals surface area contributed by atoms with Crippen LogP contribution in [-0.4, -0.2) is 48.6 Å². The van der Waals surface area contributed by atoms with Crippen molar-refractivity contribution >= 4 is 5.91 Å². The Kier molecular flexibility index (Phi) is 7.39. The molecule has 1 aliphatic heterocycles. The van der Waals surface area contributed by atoms with E-state index in [2.05, 4.69) is 43.2 Å². The smallest absolute Gasteiger partial charge is 0.234 e. The van der Waals surface area contributed by atoms with Crippen molar-refractivity contribution in [3.63, 3.8) is 0 Å². The largest absolute Gasteiger partial charge is 0.353 e. The van der Waals surface area contributed by atoms with Crippen LogP contribution in [0, 0.1) is 0 Å². The van der Waals surface area contributed by atoms with Gasteiger partial charge >= 0.3 is 0 Å². The Balaban J connectivity index is 2.37.